The van der Waals surface area contributed by atoms with Crippen LogP contribution in [0.15, 0.2) is 24.7 Å². The van der Waals surface area contributed by atoms with E-state index in [9.17, 15) is 9.18 Å². The van der Waals surface area contributed by atoms with Crippen LogP contribution in [0, 0.1) is 5.82 Å². The van der Waals surface area contributed by atoms with Crippen LogP contribution >= 0.6 is 0 Å². The Kier molecular flexibility index (Phi) is 5.97. The first-order valence-corrected chi connectivity index (χ1v) is 10.3. The first-order chi connectivity index (χ1) is 15.3. The van der Waals surface area contributed by atoms with Crippen LogP contribution in [0.5, 0.6) is 11.5 Å². The fraction of sp³-hybridized carbons (Fsp3) is 0.429. The van der Waals surface area contributed by atoms with Gasteiger partial charge in [-0.1, -0.05) is 0 Å². The van der Waals surface area contributed by atoms with Crippen molar-refractivity contribution in [3.05, 3.63) is 41.6 Å². The summed E-state index contributed by atoms with van der Waals surface area (Å²) in [6.07, 6.45) is 3.15. The Bertz CT molecular complexity index is 1130. The van der Waals surface area contributed by atoms with E-state index in [4.69, 9.17) is 14.2 Å². The molecule has 32 heavy (non-hydrogen) atoms. The van der Waals surface area contributed by atoms with Crippen molar-refractivity contribution >= 4 is 17.7 Å². The summed E-state index contributed by atoms with van der Waals surface area (Å²) in [6.45, 7) is 6.60. The van der Waals surface area contributed by atoms with Crippen LogP contribution in [-0.4, -0.2) is 51.0 Å². The lowest BCUT2D eigenvalue weighted by atomic mass is 10.0. The largest absolute Gasteiger partial charge is 0.493 e. The highest BCUT2D eigenvalue weighted by atomic mass is 19.1. The lowest BCUT2D eigenvalue weighted by Crippen LogP contribution is -2.34. The third-order valence-electron chi connectivity index (χ3n) is 4.69. The van der Waals surface area contributed by atoms with Crippen molar-refractivity contribution < 1.29 is 23.4 Å². The van der Waals surface area contributed by atoms with Crippen molar-refractivity contribution in [1.29, 1.82) is 0 Å². The maximum atomic E-state index is 14.4. The molecule has 3 aromatic rings. The first kappa shape index (κ1) is 21.6. The third kappa shape index (κ3) is 4.82. The van der Waals surface area contributed by atoms with E-state index in [1.54, 1.807) is 31.2 Å². The van der Waals surface area contributed by atoms with E-state index in [1.807, 2.05) is 0 Å². The van der Waals surface area contributed by atoms with Gasteiger partial charge in [-0.15, -0.1) is 10.2 Å². The SMILES string of the molecule is CC(C)(C)OC(=O)NCCOc1cnc(NCc2c(F)ccc3c2CCO3)n2cnnc12. The molecule has 1 aromatic carbocycles. The number of nitrogens with zero attached hydrogens (tertiary/aromatic N) is 4. The number of hydrogen-bond acceptors (Lipinski definition) is 8. The van der Waals surface area contributed by atoms with Gasteiger partial charge >= 0.3 is 6.09 Å². The van der Waals surface area contributed by atoms with Gasteiger partial charge in [0, 0.05) is 24.1 Å². The summed E-state index contributed by atoms with van der Waals surface area (Å²) in [5.74, 6) is 1.27. The average Bonchev–Trinajstić information content (AvgIpc) is 3.39. The molecule has 0 spiro atoms. The summed E-state index contributed by atoms with van der Waals surface area (Å²) >= 11 is 0. The summed E-state index contributed by atoms with van der Waals surface area (Å²) in [6, 6.07) is 3.06. The number of ether oxygens (including phenoxy) is 3. The molecule has 170 valence electrons. The van der Waals surface area contributed by atoms with E-state index < -0.39 is 11.7 Å². The molecule has 0 aliphatic carbocycles. The zero-order chi connectivity index (χ0) is 22.7. The van der Waals surface area contributed by atoms with E-state index in [-0.39, 0.29) is 25.5 Å². The van der Waals surface area contributed by atoms with Crippen molar-refractivity contribution in [1.82, 2.24) is 24.9 Å². The Hall–Kier alpha value is -3.63. The molecule has 3 heterocycles. The van der Waals surface area contributed by atoms with Gasteiger partial charge in [-0.3, -0.25) is 0 Å². The van der Waals surface area contributed by atoms with Gasteiger partial charge in [0.1, 0.15) is 30.1 Å². The maximum absolute atomic E-state index is 14.4. The van der Waals surface area contributed by atoms with Gasteiger partial charge in [-0.25, -0.2) is 18.6 Å². The van der Waals surface area contributed by atoms with Gasteiger partial charge in [-0.2, -0.15) is 0 Å². The molecule has 0 atom stereocenters. The van der Waals surface area contributed by atoms with Crippen LogP contribution in [0.2, 0.25) is 0 Å². The predicted octanol–water partition coefficient (Wildman–Crippen LogP) is 2.71. The Morgan fingerprint density at radius 1 is 1.34 bits per heavy atom. The number of nitrogens with one attached hydrogen (secondary N) is 2. The number of rotatable bonds is 7. The van der Waals surface area contributed by atoms with Crippen LogP contribution in [0.25, 0.3) is 5.65 Å². The van der Waals surface area contributed by atoms with E-state index in [0.29, 0.717) is 41.7 Å². The minimum absolute atomic E-state index is 0.192. The van der Waals surface area contributed by atoms with Gasteiger partial charge in [0.25, 0.3) is 0 Å². The standard InChI is InChI=1S/C21H25FN6O4/c1-21(2,3)32-20(29)23-7-9-31-17-11-25-19(28-12-26-27-18(17)28)24-10-14-13-6-8-30-16(13)5-4-15(14)22/h4-5,11-12H,6-10H2,1-3H3,(H,23,29)(H,24,25). The summed E-state index contributed by atoms with van der Waals surface area (Å²) in [7, 11) is 0. The smallest absolute Gasteiger partial charge is 0.407 e. The van der Waals surface area contributed by atoms with Crippen molar-refractivity contribution in [2.45, 2.75) is 39.3 Å². The highest BCUT2D eigenvalue weighted by Crippen LogP contribution is 2.30. The summed E-state index contributed by atoms with van der Waals surface area (Å²) in [5, 5.41) is 13.8. The molecule has 0 radical (unpaired) electrons. The average molecular weight is 444 g/mol. The molecule has 2 aromatic heterocycles. The van der Waals surface area contributed by atoms with Crippen molar-refractivity contribution in [3.8, 4) is 11.5 Å². The minimum Gasteiger partial charge on any atom is -0.493 e. The number of fused-ring (bicyclic) bond motifs is 2. The Labute approximate surface area is 184 Å². The number of halogens is 1. The lowest BCUT2D eigenvalue weighted by Gasteiger charge is -2.19. The van der Waals surface area contributed by atoms with Crippen LogP contribution < -0.4 is 20.1 Å². The zero-order valence-electron chi connectivity index (χ0n) is 18.1. The molecule has 1 aliphatic rings. The minimum atomic E-state index is -0.568. The second-order valence-electron chi connectivity index (χ2n) is 8.20. The zero-order valence-corrected chi connectivity index (χ0v) is 18.1. The third-order valence-corrected chi connectivity index (χ3v) is 4.69. The fourth-order valence-electron chi connectivity index (χ4n) is 3.33. The van der Waals surface area contributed by atoms with Gasteiger partial charge in [-0.05, 0) is 32.9 Å². The van der Waals surface area contributed by atoms with Crippen LogP contribution in [0.3, 0.4) is 0 Å². The summed E-state index contributed by atoms with van der Waals surface area (Å²) in [5.41, 5.74) is 1.30. The quantitative estimate of drug-likeness (QED) is 0.535. The molecule has 0 bridgehead atoms. The van der Waals surface area contributed by atoms with E-state index in [2.05, 4.69) is 25.8 Å². The Morgan fingerprint density at radius 3 is 3.00 bits per heavy atom. The fourth-order valence-corrected chi connectivity index (χ4v) is 3.33. The van der Waals surface area contributed by atoms with Gasteiger partial charge < -0.3 is 24.8 Å². The lowest BCUT2D eigenvalue weighted by molar-refractivity contribution is 0.0520. The molecule has 0 unspecified atom stereocenters. The summed E-state index contributed by atoms with van der Waals surface area (Å²) in [4.78, 5) is 16.1. The molecule has 0 fully saturated rings. The normalized spacial score (nSPS) is 12.9. The maximum Gasteiger partial charge on any atom is 0.407 e. The van der Waals surface area contributed by atoms with Gasteiger partial charge in [0.05, 0.1) is 19.3 Å². The number of amides is 1. The number of carbonyl (C=O) groups excluding carboxylic acids is 1. The van der Waals surface area contributed by atoms with Crippen LogP contribution in [0.1, 0.15) is 31.9 Å². The molecule has 0 saturated carbocycles. The molecule has 0 saturated heterocycles. The monoisotopic (exact) mass is 444 g/mol. The number of hydrogen-bond donors (Lipinski definition) is 2. The van der Waals surface area contributed by atoms with Crippen LogP contribution in [0.4, 0.5) is 15.1 Å². The van der Waals surface area contributed by atoms with Gasteiger partial charge in [0.15, 0.2) is 5.75 Å². The van der Waals surface area contributed by atoms with E-state index in [1.165, 1.54) is 18.6 Å². The highest BCUT2D eigenvalue weighted by molar-refractivity contribution is 5.67. The molecular weight excluding hydrogens is 419 g/mol. The number of anilines is 1. The molecule has 1 aliphatic heterocycles. The molecule has 1 amide bonds. The Balaban J connectivity index is 1.39. The Morgan fingerprint density at radius 2 is 2.19 bits per heavy atom. The second-order valence-corrected chi connectivity index (χ2v) is 8.20. The molecule has 2 N–H and O–H groups in total. The number of alkyl carbamates (subject to hydrolysis) is 1. The molecule has 11 heteroatoms. The van der Waals surface area contributed by atoms with Gasteiger partial charge in [0.2, 0.25) is 11.6 Å². The van der Waals surface area contributed by atoms with Crippen molar-refractivity contribution in [3.63, 3.8) is 0 Å². The van der Waals surface area contributed by atoms with Crippen molar-refractivity contribution in [2.24, 2.45) is 0 Å². The topological polar surface area (TPSA) is 112 Å². The predicted molar refractivity (Wildman–Crippen MR) is 113 cm³/mol. The number of benzene rings is 1. The second kappa shape index (κ2) is 8.85. The first-order valence-electron chi connectivity index (χ1n) is 10.3. The number of carbonyl (C=O) groups is 1. The van der Waals surface area contributed by atoms with E-state index >= 15 is 0 Å². The highest BCUT2D eigenvalue weighted by Gasteiger charge is 2.20. The van der Waals surface area contributed by atoms with Crippen molar-refractivity contribution in [2.75, 3.05) is 25.1 Å². The molecule has 10 nitrogen and oxygen atoms in total. The molecule has 4 rings (SSSR count). The summed E-state index contributed by atoms with van der Waals surface area (Å²) < 4.78 is 32.4. The number of aromatic nitrogens is 4. The van der Waals surface area contributed by atoms with Crippen LogP contribution in [-0.2, 0) is 17.7 Å². The molecular formula is C21H25FN6O4. The van der Waals surface area contributed by atoms with E-state index in [0.717, 1.165) is 5.56 Å².